The molecule has 0 spiro atoms. The van der Waals surface area contributed by atoms with Crippen LogP contribution in [-0.2, 0) is 22.4 Å². The van der Waals surface area contributed by atoms with E-state index < -0.39 is 0 Å². The fourth-order valence-electron chi connectivity index (χ4n) is 2.90. The Bertz CT molecular complexity index is 731. The van der Waals surface area contributed by atoms with Crippen LogP contribution in [0.3, 0.4) is 0 Å². The molecule has 1 aliphatic rings. The number of hydrogen-bond donors (Lipinski definition) is 2. The highest BCUT2D eigenvalue weighted by atomic mass is 32.1. The van der Waals surface area contributed by atoms with Crippen LogP contribution in [0.2, 0.25) is 0 Å². The third-order valence-corrected chi connectivity index (χ3v) is 5.16. The molecule has 126 valence electrons. The maximum atomic E-state index is 12.4. The smallest absolute Gasteiger partial charge is 0.228 e. The standard InChI is InChI=1S/C18H21N3O2S/c1-11-6-8-13(9-7-11)15(19-12(2)22)10-17(23)21-18-20-14-4-3-5-16(14)24-18/h6-9,15H,3-5,10H2,1-2H3,(H,19,22)(H,20,21,23)/t15-/m0/s1. The van der Waals surface area contributed by atoms with Gasteiger partial charge in [0.05, 0.1) is 18.2 Å². The number of hydrogen-bond acceptors (Lipinski definition) is 4. The van der Waals surface area contributed by atoms with Crippen molar-refractivity contribution in [2.45, 2.75) is 45.6 Å². The second kappa shape index (κ2) is 7.13. The number of anilines is 1. The van der Waals surface area contributed by atoms with Gasteiger partial charge in [-0.05, 0) is 31.7 Å². The van der Waals surface area contributed by atoms with Crippen molar-refractivity contribution >= 4 is 28.3 Å². The number of aryl methyl sites for hydroxylation is 3. The molecule has 0 fully saturated rings. The first-order valence-electron chi connectivity index (χ1n) is 8.13. The summed E-state index contributed by atoms with van der Waals surface area (Å²) < 4.78 is 0. The van der Waals surface area contributed by atoms with E-state index in [0.29, 0.717) is 5.13 Å². The summed E-state index contributed by atoms with van der Waals surface area (Å²) in [6.07, 6.45) is 3.40. The molecule has 0 aliphatic heterocycles. The van der Waals surface area contributed by atoms with Gasteiger partial charge >= 0.3 is 0 Å². The summed E-state index contributed by atoms with van der Waals surface area (Å²) in [6, 6.07) is 7.51. The number of nitrogens with one attached hydrogen (secondary N) is 2. The van der Waals surface area contributed by atoms with E-state index in [0.717, 1.165) is 36.1 Å². The Kier molecular flexibility index (Phi) is 4.94. The third-order valence-electron chi connectivity index (χ3n) is 4.09. The van der Waals surface area contributed by atoms with Gasteiger partial charge in [0.2, 0.25) is 11.8 Å². The van der Waals surface area contributed by atoms with Gasteiger partial charge in [-0.15, -0.1) is 11.3 Å². The van der Waals surface area contributed by atoms with Gasteiger partial charge in [-0.2, -0.15) is 0 Å². The summed E-state index contributed by atoms with van der Waals surface area (Å²) in [7, 11) is 0. The van der Waals surface area contributed by atoms with Gasteiger partial charge < -0.3 is 10.6 Å². The molecule has 1 aromatic heterocycles. The highest BCUT2D eigenvalue weighted by molar-refractivity contribution is 7.15. The third kappa shape index (κ3) is 4.00. The summed E-state index contributed by atoms with van der Waals surface area (Å²) >= 11 is 1.56. The second-order valence-corrected chi connectivity index (χ2v) is 7.24. The molecular formula is C18H21N3O2S. The van der Waals surface area contributed by atoms with Crippen molar-refractivity contribution in [1.29, 1.82) is 0 Å². The average molecular weight is 343 g/mol. The van der Waals surface area contributed by atoms with Gasteiger partial charge in [-0.3, -0.25) is 9.59 Å². The number of carbonyl (C=O) groups is 2. The van der Waals surface area contributed by atoms with E-state index in [-0.39, 0.29) is 24.3 Å². The summed E-state index contributed by atoms with van der Waals surface area (Å²) in [5.74, 6) is -0.289. The number of carbonyl (C=O) groups excluding carboxylic acids is 2. The lowest BCUT2D eigenvalue weighted by Gasteiger charge is -2.18. The number of aromatic nitrogens is 1. The van der Waals surface area contributed by atoms with Crippen LogP contribution in [-0.4, -0.2) is 16.8 Å². The van der Waals surface area contributed by atoms with Crippen LogP contribution in [0, 0.1) is 6.92 Å². The van der Waals surface area contributed by atoms with Crippen LogP contribution < -0.4 is 10.6 Å². The molecule has 5 nitrogen and oxygen atoms in total. The molecule has 24 heavy (non-hydrogen) atoms. The topological polar surface area (TPSA) is 71.1 Å². The summed E-state index contributed by atoms with van der Waals surface area (Å²) in [5.41, 5.74) is 3.18. The zero-order valence-electron chi connectivity index (χ0n) is 13.9. The number of benzene rings is 1. The first-order chi connectivity index (χ1) is 11.5. The van der Waals surface area contributed by atoms with E-state index in [1.807, 2.05) is 31.2 Å². The molecule has 0 bridgehead atoms. The lowest BCUT2D eigenvalue weighted by molar-refractivity contribution is -0.120. The van der Waals surface area contributed by atoms with Crippen molar-refractivity contribution in [3.05, 3.63) is 46.0 Å². The minimum atomic E-state index is -0.338. The molecule has 2 amide bonds. The number of rotatable bonds is 5. The molecule has 0 saturated carbocycles. The Morgan fingerprint density at radius 1 is 1.25 bits per heavy atom. The van der Waals surface area contributed by atoms with Crippen LogP contribution in [0.5, 0.6) is 0 Å². The van der Waals surface area contributed by atoms with Crippen molar-refractivity contribution in [2.75, 3.05) is 5.32 Å². The molecule has 2 N–H and O–H groups in total. The molecule has 1 aromatic carbocycles. The van der Waals surface area contributed by atoms with Crippen LogP contribution in [0.25, 0.3) is 0 Å². The Hall–Kier alpha value is -2.21. The monoisotopic (exact) mass is 343 g/mol. The molecule has 1 aliphatic carbocycles. The maximum absolute atomic E-state index is 12.4. The SMILES string of the molecule is CC(=O)N[C@@H](CC(=O)Nc1nc2c(s1)CCC2)c1ccc(C)cc1. The van der Waals surface area contributed by atoms with E-state index in [1.54, 1.807) is 11.3 Å². The Morgan fingerprint density at radius 2 is 2.00 bits per heavy atom. The van der Waals surface area contributed by atoms with Crippen molar-refractivity contribution < 1.29 is 9.59 Å². The van der Waals surface area contributed by atoms with Crippen molar-refractivity contribution in [1.82, 2.24) is 10.3 Å². The second-order valence-electron chi connectivity index (χ2n) is 6.16. The molecule has 0 saturated heterocycles. The zero-order valence-corrected chi connectivity index (χ0v) is 14.7. The highest BCUT2D eigenvalue weighted by Crippen LogP contribution is 2.30. The fourth-order valence-corrected chi connectivity index (χ4v) is 3.96. The van der Waals surface area contributed by atoms with Gasteiger partial charge in [-0.1, -0.05) is 29.8 Å². The van der Waals surface area contributed by atoms with Gasteiger partial charge in [0, 0.05) is 11.8 Å². The summed E-state index contributed by atoms with van der Waals surface area (Å²) in [4.78, 5) is 29.6. The first-order valence-corrected chi connectivity index (χ1v) is 8.95. The number of fused-ring (bicyclic) bond motifs is 1. The minimum absolute atomic E-state index is 0.137. The van der Waals surface area contributed by atoms with E-state index in [1.165, 1.54) is 11.8 Å². The summed E-state index contributed by atoms with van der Waals surface area (Å²) in [6.45, 7) is 3.47. The molecule has 0 radical (unpaired) electrons. The Morgan fingerprint density at radius 3 is 2.67 bits per heavy atom. The molecule has 6 heteroatoms. The minimum Gasteiger partial charge on any atom is -0.349 e. The Balaban J connectivity index is 1.67. The van der Waals surface area contributed by atoms with E-state index >= 15 is 0 Å². The lowest BCUT2D eigenvalue weighted by atomic mass is 10.0. The zero-order chi connectivity index (χ0) is 17.1. The molecular weight excluding hydrogens is 322 g/mol. The lowest BCUT2D eigenvalue weighted by Crippen LogP contribution is -2.29. The fraction of sp³-hybridized carbons (Fsp3) is 0.389. The molecule has 2 aromatic rings. The predicted molar refractivity (Wildman–Crippen MR) is 95.1 cm³/mol. The van der Waals surface area contributed by atoms with Crippen LogP contribution >= 0.6 is 11.3 Å². The van der Waals surface area contributed by atoms with Crippen molar-refractivity contribution in [2.24, 2.45) is 0 Å². The van der Waals surface area contributed by atoms with Gasteiger partial charge in [-0.25, -0.2) is 4.98 Å². The highest BCUT2D eigenvalue weighted by Gasteiger charge is 2.20. The predicted octanol–water partition coefficient (Wildman–Crippen LogP) is 3.15. The summed E-state index contributed by atoms with van der Waals surface area (Å²) in [5, 5.41) is 6.39. The maximum Gasteiger partial charge on any atom is 0.228 e. The normalized spacial score (nSPS) is 14.1. The largest absolute Gasteiger partial charge is 0.349 e. The molecule has 3 rings (SSSR count). The van der Waals surface area contributed by atoms with Crippen LogP contribution in [0.15, 0.2) is 24.3 Å². The van der Waals surface area contributed by atoms with E-state index in [4.69, 9.17) is 0 Å². The average Bonchev–Trinajstić information content (AvgIpc) is 3.08. The van der Waals surface area contributed by atoms with Gasteiger partial charge in [0.25, 0.3) is 0 Å². The van der Waals surface area contributed by atoms with Crippen LogP contribution in [0.1, 0.15) is 47.5 Å². The Labute approximate surface area is 145 Å². The van der Waals surface area contributed by atoms with Crippen molar-refractivity contribution in [3.63, 3.8) is 0 Å². The number of amides is 2. The number of nitrogens with zero attached hydrogens (tertiary/aromatic N) is 1. The van der Waals surface area contributed by atoms with Gasteiger partial charge in [0.15, 0.2) is 5.13 Å². The van der Waals surface area contributed by atoms with E-state index in [2.05, 4.69) is 15.6 Å². The molecule has 0 unspecified atom stereocenters. The number of thiazole rings is 1. The van der Waals surface area contributed by atoms with Gasteiger partial charge in [0.1, 0.15) is 0 Å². The van der Waals surface area contributed by atoms with Crippen LogP contribution in [0.4, 0.5) is 5.13 Å². The first kappa shape index (κ1) is 16.6. The quantitative estimate of drug-likeness (QED) is 0.876. The van der Waals surface area contributed by atoms with Crippen molar-refractivity contribution in [3.8, 4) is 0 Å². The molecule has 1 heterocycles. The molecule has 1 atom stereocenters. The van der Waals surface area contributed by atoms with E-state index in [9.17, 15) is 9.59 Å².